The van der Waals surface area contributed by atoms with Crippen molar-refractivity contribution in [2.45, 2.75) is 19.9 Å². The molecule has 80 valence electrons. The highest BCUT2D eigenvalue weighted by Gasteiger charge is 2.06. The normalized spacial score (nSPS) is 12.2. The molecule has 0 heterocycles. The Labute approximate surface area is 90.9 Å². The summed E-state index contributed by atoms with van der Waals surface area (Å²) in [6.45, 7) is 4.96. The van der Waals surface area contributed by atoms with Crippen molar-refractivity contribution in [1.82, 2.24) is 0 Å². The standard InChI is InChI=1S/C12H17N3/c1-9(2)12(14)8-15-11-5-3-10(7-13)4-6-11/h3-6,9,12,15H,8,14H2,1-2H3. The molecule has 1 aromatic rings. The quantitative estimate of drug-likeness (QED) is 0.786. The fraction of sp³-hybridized carbons (Fsp3) is 0.417. The van der Waals surface area contributed by atoms with Gasteiger partial charge in [0.05, 0.1) is 11.6 Å². The Balaban J connectivity index is 2.48. The van der Waals surface area contributed by atoms with Crippen LogP contribution < -0.4 is 11.1 Å². The van der Waals surface area contributed by atoms with E-state index in [2.05, 4.69) is 25.2 Å². The van der Waals surface area contributed by atoms with Crippen molar-refractivity contribution in [1.29, 1.82) is 5.26 Å². The molecular weight excluding hydrogens is 186 g/mol. The van der Waals surface area contributed by atoms with Crippen molar-refractivity contribution < 1.29 is 0 Å². The van der Waals surface area contributed by atoms with Crippen molar-refractivity contribution in [2.24, 2.45) is 11.7 Å². The fourth-order valence-corrected chi connectivity index (χ4v) is 1.13. The maximum atomic E-state index is 8.63. The van der Waals surface area contributed by atoms with Gasteiger partial charge in [0.15, 0.2) is 0 Å². The third-order valence-electron chi connectivity index (χ3n) is 2.41. The molecule has 3 nitrogen and oxygen atoms in total. The Kier molecular flexibility index (Phi) is 4.14. The predicted molar refractivity (Wildman–Crippen MR) is 62.5 cm³/mol. The van der Waals surface area contributed by atoms with Crippen LogP contribution in [0.4, 0.5) is 5.69 Å². The number of anilines is 1. The molecule has 0 amide bonds. The first-order valence-corrected chi connectivity index (χ1v) is 5.13. The van der Waals surface area contributed by atoms with Crippen molar-refractivity contribution in [2.75, 3.05) is 11.9 Å². The summed E-state index contributed by atoms with van der Waals surface area (Å²) in [7, 11) is 0. The molecule has 0 aliphatic rings. The van der Waals surface area contributed by atoms with E-state index in [1.165, 1.54) is 0 Å². The van der Waals surface area contributed by atoms with Crippen molar-refractivity contribution >= 4 is 5.69 Å². The molecule has 0 saturated carbocycles. The van der Waals surface area contributed by atoms with Crippen LogP contribution in [-0.2, 0) is 0 Å². The summed E-state index contributed by atoms with van der Waals surface area (Å²) in [5.41, 5.74) is 7.58. The number of benzene rings is 1. The minimum absolute atomic E-state index is 0.153. The summed E-state index contributed by atoms with van der Waals surface area (Å²) in [6.07, 6.45) is 0. The number of nitrogens with two attached hydrogens (primary N) is 1. The lowest BCUT2D eigenvalue weighted by Gasteiger charge is -2.16. The zero-order chi connectivity index (χ0) is 11.3. The van der Waals surface area contributed by atoms with Gasteiger partial charge < -0.3 is 11.1 Å². The highest BCUT2D eigenvalue weighted by atomic mass is 14.9. The molecule has 0 aromatic heterocycles. The van der Waals surface area contributed by atoms with Gasteiger partial charge >= 0.3 is 0 Å². The van der Waals surface area contributed by atoms with E-state index < -0.39 is 0 Å². The Morgan fingerprint density at radius 2 is 1.93 bits per heavy atom. The Morgan fingerprint density at radius 1 is 1.33 bits per heavy atom. The van der Waals surface area contributed by atoms with E-state index in [0.717, 1.165) is 12.2 Å². The monoisotopic (exact) mass is 203 g/mol. The van der Waals surface area contributed by atoms with Gasteiger partial charge in [0.25, 0.3) is 0 Å². The highest BCUT2D eigenvalue weighted by molar-refractivity contribution is 5.47. The molecule has 1 rings (SSSR count). The van der Waals surface area contributed by atoms with Gasteiger partial charge in [0, 0.05) is 18.3 Å². The molecule has 15 heavy (non-hydrogen) atoms. The lowest BCUT2D eigenvalue weighted by atomic mass is 10.1. The second-order valence-corrected chi connectivity index (χ2v) is 3.98. The topological polar surface area (TPSA) is 61.8 Å². The summed E-state index contributed by atoms with van der Waals surface area (Å²) in [4.78, 5) is 0. The van der Waals surface area contributed by atoms with Crippen molar-refractivity contribution in [3.8, 4) is 6.07 Å². The van der Waals surface area contributed by atoms with Gasteiger partial charge in [-0.2, -0.15) is 5.26 Å². The van der Waals surface area contributed by atoms with Crippen LogP contribution in [-0.4, -0.2) is 12.6 Å². The third-order valence-corrected chi connectivity index (χ3v) is 2.41. The van der Waals surface area contributed by atoms with E-state index >= 15 is 0 Å². The zero-order valence-corrected chi connectivity index (χ0v) is 9.20. The SMILES string of the molecule is CC(C)C(N)CNc1ccc(C#N)cc1. The molecule has 1 atom stereocenters. The summed E-state index contributed by atoms with van der Waals surface area (Å²) >= 11 is 0. The second-order valence-electron chi connectivity index (χ2n) is 3.98. The van der Waals surface area contributed by atoms with E-state index in [4.69, 9.17) is 11.0 Å². The van der Waals surface area contributed by atoms with Gasteiger partial charge in [0.2, 0.25) is 0 Å². The van der Waals surface area contributed by atoms with E-state index in [1.807, 2.05) is 12.1 Å². The first-order valence-electron chi connectivity index (χ1n) is 5.13. The largest absolute Gasteiger partial charge is 0.383 e. The second kappa shape index (κ2) is 5.38. The first-order chi connectivity index (χ1) is 7.13. The minimum Gasteiger partial charge on any atom is -0.383 e. The number of nitriles is 1. The lowest BCUT2D eigenvalue weighted by molar-refractivity contribution is 0.511. The Bertz CT molecular complexity index is 335. The van der Waals surface area contributed by atoms with E-state index in [-0.39, 0.29) is 6.04 Å². The third kappa shape index (κ3) is 3.61. The molecule has 0 aliphatic carbocycles. The number of hydrogen-bond acceptors (Lipinski definition) is 3. The highest BCUT2D eigenvalue weighted by Crippen LogP contribution is 2.09. The summed E-state index contributed by atoms with van der Waals surface area (Å²) in [5.74, 6) is 0.468. The summed E-state index contributed by atoms with van der Waals surface area (Å²) in [5, 5.41) is 11.9. The van der Waals surface area contributed by atoms with Crippen molar-refractivity contribution in [3.05, 3.63) is 29.8 Å². The maximum absolute atomic E-state index is 8.63. The fourth-order valence-electron chi connectivity index (χ4n) is 1.13. The molecule has 0 saturated heterocycles. The van der Waals surface area contributed by atoms with Crippen LogP contribution in [0.1, 0.15) is 19.4 Å². The molecule has 1 aromatic carbocycles. The van der Waals surface area contributed by atoms with E-state index in [0.29, 0.717) is 11.5 Å². The van der Waals surface area contributed by atoms with Gasteiger partial charge in [-0.3, -0.25) is 0 Å². The molecule has 0 aliphatic heterocycles. The molecule has 0 fully saturated rings. The van der Waals surface area contributed by atoms with Gasteiger partial charge in [-0.15, -0.1) is 0 Å². The van der Waals surface area contributed by atoms with Crippen LogP contribution in [0.3, 0.4) is 0 Å². The van der Waals surface area contributed by atoms with Gasteiger partial charge in [-0.1, -0.05) is 13.8 Å². The molecule has 1 unspecified atom stereocenters. The summed E-state index contributed by atoms with van der Waals surface area (Å²) < 4.78 is 0. The van der Waals surface area contributed by atoms with Crippen LogP contribution in [0, 0.1) is 17.2 Å². The summed E-state index contributed by atoms with van der Waals surface area (Å²) in [6, 6.07) is 9.62. The van der Waals surface area contributed by atoms with E-state index in [9.17, 15) is 0 Å². The Morgan fingerprint density at radius 3 is 2.40 bits per heavy atom. The van der Waals surface area contributed by atoms with Gasteiger partial charge in [-0.05, 0) is 30.2 Å². The smallest absolute Gasteiger partial charge is 0.0991 e. The van der Waals surface area contributed by atoms with Crippen LogP contribution in [0.5, 0.6) is 0 Å². The number of nitrogens with zero attached hydrogens (tertiary/aromatic N) is 1. The predicted octanol–water partition coefficient (Wildman–Crippen LogP) is 1.95. The van der Waals surface area contributed by atoms with Crippen molar-refractivity contribution in [3.63, 3.8) is 0 Å². The van der Waals surface area contributed by atoms with Gasteiger partial charge in [-0.25, -0.2) is 0 Å². The van der Waals surface area contributed by atoms with Crippen LogP contribution in [0.15, 0.2) is 24.3 Å². The van der Waals surface area contributed by atoms with Crippen LogP contribution >= 0.6 is 0 Å². The average Bonchev–Trinajstić information content (AvgIpc) is 2.26. The maximum Gasteiger partial charge on any atom is 0.0991 e. The minimum atomic E-state index is 0.153. The molecule has 0 spiro atoms. The molecule has 3 N–H and O–H groups in total. The van der Waals surface area contributed by atoms with Gasteiger partial charge in [0.1, 0.15) is 0 Å². The van der Waals surface area contributed by atoms with E-state index in [1.54, 1.807) is 12.1 Å². The molecule has 0 radical (unpaired) electrons. The first kappa shape index (κ1) is 11.5. The molecule has 3 heteroatoms. The number of rotatable bonds is 4. The number of hydrogen-bond donors (Lipinski definition) is 2. The molecular formula is C12H17N3. The number of nitrogens with one attached hydrogen (secondary N) is 1. The average molecular weight is 203 g/mol. The van der Waals surface area contributed by atoms with Crippen LogP contribution in [0.2, 0.25) is 0 Å². The van der Waals surface area contributed by atoms with Crippen LogP contribution in [0.25, 0.3) is 0 Å². The Hall–Kier alpha value is -1.53. The zero-order valence-electron chi connectivity index (χ0n) is 9.20. The lowest BCUT2D eigenvalue weighted by Crippen LogP contribution is -2.33. The molecule has 0 bridgehead atoms.